The summed E-state index contributed by atoms with van der Waals surface area (Å²) in [5.74, 6) is 0. The first-order valence-corrected chi connectivity index (χ1v) is 4.46. The molecular formula is C10H14N2O. The van der Waals surface area contributed by atoms with Crippen LogP contribution >= 0.6 is 0 Å². The number of hydrogen-bond donors (Lipinski definition) is 1. The minimum absolute atomic E-state index is 0.0653. The number of fused-ring (bicyclic) bond motifs is 1. The smallest absolute Gasteiger partial charge is 0.250 e. The van der Waals surface area contributed by atoms with Crippen molar-refractivity contribution in [2.45, 2.75) is 19.3 Å². The maximum absolute atomic E-state index is 11.4. The first-order chi connectivity index (χ1) is 6.00. The van der Waals surface area contributed by atoms with Gasteiger partial charge in [-0.1, -0.05) is 13.8 Å². The molecule has 70 valence electrons. The Morgan fingerprint density at radius 3 is 2.92 bits per heavy atom. The van der Waals surface area contributed by atoms with E-state index in [1.165, 1.54) is 0 Å². The van der Waals surface area contributed by atoms with Gasteiger partial charge in [0.1, 0.15) is 0 Å². The normalized spacial score (nSPS) is 18.1. The first kappa shape index (κ1) is 8.35. The molecule has 0 aliphatic carbocycles. The summed E-state index contributed by atoms with van der Waals surface area (Å²) in [6, 6.07) is 1.73. The molecule has 0 bridgehead atoms. The number of nitrogens with one attached hydrogen (secondary N) is 1. The number of aromatic nitrogens is 1. The van der Waals surface area contributed by atoms with Crippen LogP contribution < -0.4 is 10.9 Å². The number of hydrogen-bond acceptors (Lipinski definition) is 2. The van der Waals surface area contributed by atoms with Gasteiger partial charge in [-0.2, -0.15) is 0 Å². The van der Waals surface area contributed by atoms with Crippen LogP contribution in [-0.2, 0) is 12.5 Å². The van der Waals surface area contributed by atoms with Gasteiger partial charge in [0.25, 0.3) is 5.56 Å². The van der Waals surface area contributed by atoms with E-state index in [0.29, 0.717) is 0 Å². The van der Waals surface area contributed by atoms with Crippen LogP contribution in [0.15, 0.2) is 17.1 Å². The largest absolute Gasteiger partial charge is 0.383 e. The van der Waals surface area contributed by atoms with E-state index in [4.69, 9.17) is 0 Å². The van der Waals surface area contributed by atoms with E-state index in [1.54, 1.807) is 17.7 Å². The Balaban J connectivity index is 2.67. The zero-order valence-corrected chi connectivity index (χ0v) is 8.22. The third kappa shape index (κ3) is 1.15. The van der Waals surface area contributed by atoms with Crippen LogP contribution in [0.25, 0.3) is 0 Å². The SMILES string of the molecule is Cn1cc2c(cc1=O)C(C)(C)CN2. The van der Waals surface area contributed by atoms with Crippen molar-refractivity contribution in [2.24, 2.45) is 7.05 Å². The molecule has 0 amide bonds. The van der Waals surface area contributed by atoms with E-state index in [2.05, 4.69) is 19.2 Å². The van der Waals surface area contributed by atoms with Gasteiger partial charge in [0.15, 0.2) is 0 Å². The van der Waals surface area contributed by atoms with Crippen LogP contribution in [-0.4, -0.2) is 11.1 Å². The molecule has 1 aromatic rings. The van der Waals surface area contributed by atoms with Crippen molar-refractivity contribution in [1.29, 1.82) is 0 Å². The third-order valence-corrected chi connectivity index (χ3v) is 2.68. The van der Waals surface area contributed by atoms with Gasteiger partial charge in [-0.25, -0.2) is 0 Å². The molecule has 2 heterocycles. The quantitative estimate of drug-likeness (QED) is 0.645. The average Bonchev–Trinajstić information content (AvgIpc) is 2.31. The van der Waals surface area contributed by atoms with Crippen molar-refractivity contribution in [1.82, 2.24) is 4.57 Å². The predicted octanol–water partition coefficient (Wildman–Crippen LogP) is 1.09. The molecule has 13 heavy (non-hydrogen) atoms. The van der Waals surface area contributed by atoms with Crippen LogP contribution in [0.3, 0.4) is 0 Å². The van der Waals surface area contributed by atoms with Crippen molar-refractivity contribution in [3.8, 4) is 0 Å². The van der Waals surface area contributed by atoms with E-state index in [0.717, 1.165) is 17.8 Å². The van der Waals surface area contributed by atoms with Gasteiger partial charge in [-0.3, -0.25) is 4.79 Å². The summed E-state index contributed by atoms with van der Waals surface area (Å²) in [6.45, 7) is 5.20. The summed E-state index contributed by atoms with van der Waals surface area (Å²) in [6.07, 6.45) is 1.87. The molecule has 0 radical (unpaired) electrons. The standard InChI is InChI=1S/C10H14N2O/c1-10(2)6-11-8-5-12(3)9(13)4-7(8)10/h4-5,11H,6H2,1-3H3. The summed E-state index contributed by atoms with van der Waals surface area (Å²) in [7, 11) is 1.77. The number of aryl methyl sites for hydroxylation is 1. The summed E-state index contributed by atoms with van der Waals surface area (Å²) in [5, 5.41) is 3.30. The molecule has 2 rings (SSSR count). The number of rotatable bonds is 0. The molecule has 1 N–H and O–H groups in total. The number of pyridine rings is 1. The van der Waals surface area contributed by atoms with E-state index >= 15 is 0 Å². The van der Waals surface area contributed by atoms with Gasteiger partial charge in [0, 0.05) is 31.3 Å². The summed E-state index contributed by atoms with van der Waals surface area (Å²) >= 11 is 0. The summed E-state index contributed by atoms with van der Waals surface area (Å²) < 4.78 is 1.60. The van der Waals surface area contributed by atoms with Crippen molar-refractivity contribution in [3.63, 3.8) is 0 Å². The van der Waals surface area contributed by atoms with Crippen LogP contribution in [0.1, 0.15) is 19.4 Å². The second-order valence-electron chi connectivity index (χ2n) is 4.29. The van der Waals surface area contributed by atoms with Crippen molar-refractivity contribution >= 4 is 5.69 Å². The molecule has 0 fully saturated rings. The molecule has 3 heteroatoms. The van der Waals surface area contributed by atoms with E-state index in [9.17, 15) is 4.79 Å². The van der Waals surface area contributed by atoms with E-state index in [1.807, 2.05) is 6.20 Å². The maximum Gasteiger partial charge on any atom is 0.250 e. The molecule has 0 spiro atoms. The fourth-order valence-electron chi connectivity index (χ4n) is 1.74. The van der Waals surface area contributed by atoms with Crippen LogP contribution in [0.4, 0.5) is 5.69 Å². The molecular weight excluding hydrogens is 164 g/mol. The Labute approximate surface area is 77.4 Å². The van der Waals surface area contributed by atoms with Crippen LogP contribution in [0.5, 0.6) is 0 Å². The Morgan fingerprint density at radius 1 is 1.54 bits per heavy atom. The third-order valence-electron chi connectivity index (χ3n) is 2.68. The Kier molecular flexibility index (Phi) is 1.53. The van der Waals surface area contributed by atoms with E-state index in [-0.39, 0.29) is 11.0 Å². The fraction of sp³-hybridized carbons (Fsp3) is 0.500. The van der Waals surface area contributed by atoms with Gasteiger partial charge in [-0.15, -0.1) is 0 Å². The zero-order chi connectivity index (χ0) is 9.64. The van der Waals surface area contributed by atoms with E-state index < -0.39 is 0 Å². The highest BCUT2D eigenvalue weighted by Gasteiger charge is 2.30. The van der Waals surface area contributed by atoms with Gasteiger partial charge in [0.2, 0.25) is 0 Å². The lowest BCUT2D eigenvalue weighted by Gasteiger charge is -2.16. The highest BCUT2D eigenvalue weighted by Crippen LogP contribution is 2.34. The molecule has 3 nitrogen and oxygen atoms in total. The highest BCUT2D eigenvalue weighted by atomic mass is 16.1. The average molecular weight is 178 g/mol. The Hall–Kier alpha value is -1.25. The molecule has 0 aromatic carbocycles. The second-order valence-corrected chi connectivity index (χ2v) is 4.29. The van der Waals surface area contributed by atoms with Gasteiger partial charge < -0.3 is 9.88 Å². The molecule has 0 saturated heterocycles. The fourth-order valence-corrected chi connectivity index (χ4v) is 1.74. The summed E-state index contributed by atoms with van der Waals surface area (Å²) in [4.78, 5) is 11.4. The van der Waals surface area contributed by atoms with Gasteiger partial charge in [0.05, 0.1) is 5.69 Å². The maximum atomic E-state index is 11.4. The predicted molar refractivity (Wildman–Crippen MR) is 53.2 cm³/mol. The molecule has 1 aliphatic rings. The van der Waals surface area contributed by atoms with Crippen molar-refractivity contribution < 1.29 is 0 Å². The minimum Gasteiger partial charge on any atom is -0.383 e. The van der Waals surface area contributed by atoms with Gasteiger partial charge in [-0.05, 0) is 5.56 Å². The molecule has 1 aliphatic heterocycles. The minimum atomic E-state index is 0.0653. The topological polar surface area (TPSA) is 34.0 Å². The molecule has 1 aromatic heterocycles. The lowest BCUT2D eigenvalue weighted by molar-refractivity contribution is 0.584. The van der Waals surface area contributed by atoms with Crippen LogP contribution in [0, 0.1) is 0 Å². The molecule has 0 atom stereocenters. The van der Waals surface area contributed by atoms with Crippen molar-refractivity contribution in [2.75, 3.05) is 11.9 Å². The monoisotopic (exact) mass is 178 g/mol. The number of nitrogens with zero attached hydrogens (tertiary/aromatic N) is 1. The van der Waals surface area contributed by atoms with Crippen molar-refractivity contribution in [3.05, 3.63) is 28.2 Å². The lowest BCUT2D eigenvalue weighted by atomic mass is 9.88. The van der Waals surface area contributed by atoms with Gasteiger partial charge >= 0.3 is 0 Å². The molecule has 0 saturated carbocycles. The lowest BCUT2D eigenvalue weighted by Crippen LogP contribution is -2.21. The Morgan fingerprint density at radius 2 is 2.23 bits per heavy atom. The second kappa shape index (κ2) is 2.37. The Bertz CT molecular complexity index is 404. The first-order valence-electron chi connectivity index (χ1n) is 4.46. The highest BCUT2D eigenvalue weighted by molar-refractivity contribution is 5.58. The van der Waals surface area contributed by atoms with Crippen LogP contribution in [0.2, 0.25) is 0 Å². The number of anilines is 1. The molecule has 0 unspecified atom stereocenters. The zero-order valence-electron chi connectivity index (χ0n) is 8.22. The summed E-state index contributed by atoms with van der Waals surface area (Å²) in [5.41, 5.74) is 2.38.